The molecule has 1 aromatic rings. The highest BCUT2D eigenvalue weighted by Gasteiger charge is 2.25. The molecule has 1 heterocycles. The van der Waals surface area contributed by atoms with Gasteiger partial charge in [0.1, 0.15) is 0 Å². The van der Waals surface area contributed by atoms with Crippen molar-refractivity contribution < 1.29 is 23.9 Å². The lowest BCUT2D eigenvalue weighted by Crippen LogP contribution is -2.22. The van der Waals surface area contributed by atoms with Gasteiger partial charge in [-0.25, -0.2) is 4.79 Å². The average Bonchev–Trinajstić information content (AvgIpc) is 2.90. The number of hydrogen-bond donors (Lipinski definition) is 1. The van der Waals surface area contributed by atoms with E-state index in [-0.39, 0.29) is 17.8 Å². The third kappa shape index (κ3) is 4.38. The van der Waals surface area contributed by atoms with Crippen LogP contribution in [0.2, 0.25) is 0 Å². The summed E-state index contributed by atoms with van der Waals surface area (Å²) in [6, 6.07) is 0. The summed E-state index contributed by atoms with van der Waals surface area (Å²) in [5.74, 6) is -0.420. The minimum atomic E-state index is -0.574. The molecular weight excluding hydrogens is 322 g/mol. The number of Topliss-reactive ketones (excluding diaryl/α,β-unsaturated/α-hetero) is 1. The van der Waals surface area contributed by atoms with Crippen LogP contribution in [-0.4, -0.2) is 36.4 Å². The van der Waals surface area contributed by atoms with Crippen molar-refractivity contribution in [3.8, 4) is 0 Å². The van der Waals surface area contributed by atoms with Gasteiger partial charge in [0.2, 0.25) is 0 Å². The van der Waals surface area contributed by atoms with E-state index >= 15 is 0 Å². The molecule has 1 aromatic heterocycles. The van der Waals surface area contributed by atoms with Gasteiger partial charge >= 0.3 is 11.9 Å². The number of methoxy groups -OCH3 is 1. The van der Waals surface area contributed by atoms with Crippen molar-refractivity contribution in [3.63, 3.8) is 0 Å². The maximum absolute atomic E-state index is 12.2. The largest absolute Gasteiger partial charge is 0.465 e. The summed E-state index contributed by atoms with van der Waals surface area (Å²) in [7, 11) is 1.27. The molecule has 0 fully saturated rings. The molecule has 6 heteroatoms. The van der Waals surface area contributed by atoms with Gasteiger partial charge in [0.05, 0.1) is 31.4 Å². The van der Waals surface area contributed by atoms with Gasteiger partial charge < -0.3 is 14.5 Å². The molecule has 0 saturated carbocycles. The Morgan fingerprint density at radius 1 is 1.24 bits per heavy atom. The quantitative estimate of drug-likeness (QED) is 0.486. The van der Waals surface area contributed by atoms with Crippen LogP contribution in [0.5, 0.6) is 0 Å². The first kappa shape index (κ1) is 19.0. The summed E-state index contributed by atoms with van der Waals surface area (Å²) in [5.41, 5.74) is 1.40. The fourth-order valence-electron chi connectivity index (χ4n) is 3.16. The van der Waals surface area contributed by atoms with Crippen molar-refractivity contribution in [2.24, 2.45) is 11.8 Å². The molecule has 6 nitrogen and oxygen atoms in total. The lowest BCUT2D eigenvalue weighted by molar-refractivity contribution is -0.144. The van der Waals surface area contributed by atoms with Gasteiger partial charge in [-0.3, -0.25) is 9.59 Å². The number of carbonyl (C=O) groups is 3. The van der Waals surface area contributed by atoms with Crippen molar-refractivity contribution >= 4 is 17.7 Å². The number of hydrogen-bond acceptors (Lipinski definition) is 5. The lowest BCUT2D eigenvalue weighted by Gasteiger charge is -2.24. The Kier molecular flexibility index (Phi) is 6.17. The number of allylic oxidation sites excluding steroid dienone is 2. The first-order chi connectivity index (χ1) is 11.8. The molecule has 0 unspecified atom stereocenters. The maximum Gasteiger partial charge on any atom is 0.339 e. The Morgan fingerprint density at radius 3 is 2.52 bits per heavy atom. The van der Waals surface area contributed by atoms with Gasteiger partial charge in [0.15, 0.2) is 5.78 Å². The van der Waals surface area contributed by atoms with Crippen LogP contribution in [0.1, 0.15) is 58.8 Å². The fourth-order valence-corrected chi connectivity index (χ4v) is 3.16. The molecule has 0 radical (unpaired) electrons. The summed E-state index contributed by atoms with van der Waals surface area (Å²) in [6.45, 7) is 5.56. The zero-order valence-electron chi connectivity index (χ0n) is 15.2. The number of carbonyl (C=O) groups excluding carboxylic acids is 3. The number of ether oxygens (including phenoxy) is 2. The molecule has 2 rings (SSSR count). The molecule has 2 atom stereocenters. The Labute approximate surface area is 147 Å². The Balaban J connectivity index is 2.09. The molecule has 25 heavy (non-hydrogen) atoms. The van der Waals surface area contributed by atoms with Crippen molar-refractivity contribution in [2.45, 2.75) is 40.0 Å². The number of esters is 2. The predicted molar refractivity (Wildman–Crippen MR) is 92.6 cm³/mol. The van der Waals surface area contributed by atoms with Gasteiger partial charge in [-0.1, -0.05) is 19.1 Å². The standard InChI is InChI=1S/C19H25NO5/c1-11-7-5-6-8-14(11)10-25-16(22)9-15-17(19(23)24-4)12(2)18(20-15)13(3)21/h5-6,11,14,20H,7-10H2,1-4H3/t11-,14+/m1/s1. The zero-order chi connectivity index (χ0) is 18.6. The van der Waals surface area contributed by atoms with Crippen molar-refractivity contribution in [2.75, 3.05) is 13.7 Å². The third-order valence-electron chi connectivity index (χ3n) is 4.77. The first-order valence-corrected chi connectivity index (χ1v) is 8.46. The number of aromatic amines is 1. The van der Waals surface area contributed by atoms with Crippen LogP contribution >= 0.6 is 0 Å². The van der Waals surface area contributed by atoms with E-state index in [4.69, 9.17) is 9.47 Å². The molecular formula is C19H25NO5. The van der Waals surface area contributed by atoms with Crippen molar-refractivity contribution in [1.29, 1.82) is 0 Å². The van der Waals surface area contributed by atoms with E-state index in [0.717, 1.165) is 12.8 Å². The minimum absolute atomic E-state index is 0.102. The highest BCUT2D eigenvalue weighted by atomic mass is 16.5. The smallest absolute Gasteiger partial charge is 0.339 e. The molecule has 136 valence electrons. The Bertz CT molecular complexity index is 701. The van der Waals surface area contributed by atoms with Gasteiger partial charge in [-0.15, -0.1) is 0 Å². The number of aromatic nitrogens is 1. The molecule has 0 saturated heterocycles. The SMILES string of the molecule is COC(=O)c1c(CC(=O)OC[C@@H]2CC=CC[C@H]2C)[nH]c(C(C)=O)c1C. The van der Waals surface area contributed by atoms with E-state index in [1.807, 2.05) is 0 Å². The third-order valence-corrected chi connectivity index (χ3v) is 4.77. The highest BCUT2D eigenvalue weighted by Crippen LogP contribution is 2.25. The molecule has 0 aromatic carbocycles. The van der Waals surface area contributed by atoms with E-state index in [2.05, 4.69) is 24.1 Å². The maximum atomic E-state index is 12.2. The molecule has 1 aliphatic rings. The van der Waals surface area contributed by atoms with Crippen molar-refractivity contribution in [3.05, 3.63) is 34.7 Å². The zero-order valence-corrected chi connectivity index (χ0v) is 15.2. The Morgan fingerprint density at radius 2 is 1.92 bits per heavy atom. The second-order valence-electron chi connectivity index (χ2n) is 6.57. The highest BCUT2D eigenvalue weighted by molar-refractivity contribution is 6.01. The van der Waals surface area contributed by atoms with E-state index < -0.39 is 11.9 Å². The van der Waals surface area contributed by atoms with Gasteiger partial charge in [-0.05, 0) is 37.2 Å². The number of nitrogens with one attached hydrogen (secondary N) is 1. The van der Waals surface area contributed by atoms with Crippen LogP contribution in [0.4, 0.5) is 0 Å². The fraction of sp³-hybridized carbons (Fsp3) is 0.526. The monoisotopic (exact) mass is 347 g/mol. The summed E-state index contributed by atoms with van der Waals surface area (Å²) < 4.78 is 10.2. The number of rotatable bonds is 6. The van der Waals surface area contributed by atoms with Gasteiger partial charge in [-0.2, -0.15) is 0 Å². The van der Waals surface area contributed by atoms with Crippen LogP contribution in [-0.2, 0) is 20.7 Å². The topological polar surface area (TPSA) is 85.5 Å². The summed E-state index contributed by atoms with van der Waals surface area (Å²) >= 11 is 0. The molecule has 1 aliphatic carbocycles. The molecule has 1 N–H and O–H groups in total. The Hall–Kier alpha value is -2.37. The van der Waals surface area contributed by atoms with Crippen LogP contribution in [0.3, 0.4) is 0 Å². The average molecular weight is 347 g/mol. The minimum Gasteiger partial charge on any atom is -0.465 e. The van der Waals surface area contributed by atoms with E-state index in [1.54, 1.807) is 6.92 Å². The predicted octanol–water partition coefficient (Wildman–Crippen LogP) is 3.00. The summed E-state index contributed by atoms with van der Waals surface area (Å²) in [5, 5.41) is 0. The van der Waals surface area contributed by atoms with Gasteiger partial charge in [0.25, 0.3) is 0 Å². The summed E-state index contributed by atoms with van der Waals surface area (Å²) in [4.78, 5) is 38.8. The molecule has 0 bridgehead atoms. The second-order valence-corrected chi connectivity index (χ2v) is 6.57. The van der Waals surface area contributed by atoms with E-state index in [9.17, 15) is 14.4 Å². The number of ketones is 1. The van der Waals surface area contributed by atoms with Crippen LogP contribution < -0.4 is 0 Å². The summed E-state index contributed by atoms with van der Waals surface area (Å²) in [6.07, 6.45) is 6.05. The number of H-pyrrole nitrogens is 1. The molecule has 0 spiro atoms. The normalized spacial score (nSPS) is 19.5. The van der Waals surface area contributed by atoms with Crippen LogP contribution in [0.25, 0.3) is 0 Å². The van der Waals surface area contributed by atoms with E-state index in [1.165, 1.54) is 14.0 Å². The lowest BCUT2D eigenvalue weighted by atomic mass is 9.85. The second kappa shape index (κ2) is 8.14. The molecule has 0 amide bonds. The van der Waals surface area contributed by atoms with Crippen molar-refractivity contribution in [1.82, 2.24) is 4.98 Å². The van der Waals surface area contributed by atoms with Gasteiger partial charge in [0, 0.05) is 12.6 Å². The van der Waals surface area contributed by atoms with Crippen LogP contribution in [0, 0.1) is 18.8 Å². The van der Waals surface area contributed by atoms with E-state index in [0.29, 0.717) is 35.4 Å². The first-order valence-electron chi connectivity index (χ1n) is 8.46. The van der Waals surface area contributed by atoms with Crippen LogP contribution in [0.15, 0.2) is 12.2 Å². The molecule has 0 aliphatic heterocycles.